The molecular weight excluding hydrogens is 228 g/mol. The van der Waals surface area contributed by atoms with Crippen LogP contribution in [0.1, 0.15) is 19.8 Å². The summed E-state index contributed by atoms with van der Waals surface area (Å²) >= 11 is 1.74. The number of nitrogen functional groups attached to an aromatic ring is 1. The number of anilines is 1. The van der Waals surface area contributed by atoms with Crippen LogP contribution in [0, 0.1) is 0 Å². The van der Waals surface area contributed by atoms with E-state index in [4.69, 9.17) is 5.73 Å². The maximum atomic E-state index is 5.72. The van der Waals surface area contributed by atoms with Crippen molar-refractivity contribution >= 4 is 17.4 Å². The van der Waals surface area contributed by atoms with Gasteiger partial charge in [0.1, 0.15) is 5.03 Å². The average Bonchev–Trinajstić information content (AvgIpc) is 2.34. The van der Waals surface area contributed by atoms with Gasteiger partial charge in [-0.05, 0) is 43.2 Å². The molecule has 17 heavy (non-hydrogen) atoms. The molecule has 0 spiro atoms. The van der Waals surface area contributed by atoms with E-state index in [0.29, 0.717) is 0 Å². The van der Waals surface area contributed by atoms with Gasteiger partial charge in [-0.2, -0.15) is 0 Å². The van der Waals surface area contributed by atoms with E-state index in [9.17, 15) is 0 Å². The molecule has 0 aromatic carbocycles. The highest BCUT2D eigenvalue weighted by molar-refractivity contribution is 7.99. The van der Waals surface area contributed by atoms with E-state index in [2.05, 4.69) is 42.3 Å². The second-order valence-corrected chi connectivity index (χ2v) is 4.16. The van der Waals surface area contributed by atoms with E-state index in [1.54, 1.807) is 18.0 Å². The number of pyridine rings is 1. The van der Waals surface area contributed by atoms with Gasteiger partial charge in [-0.3, -0.25) is 0 Å². The number of thioether (sulfide) groups is 1. The first kappa shape index (κ1) is 15.4. The Morgan fingerprint density at radius 2 is 2.12 bits per heavy atom. The van der Waals surface area contributed by atoms with Gasteiger partial charge in [0.15, 0.2) is 0 Å². The van der Waals surface area contributed by atoms with Crippen LogP contribution in [-0.4, -0.2) is 10.7 Å². The number of nitrogens with zero attached hydrogens (tertiary/aromatic N) is 1. The third-order valence-electron chi connectivity index (χ3n) is 1.71. The molecule has 0 atom stereocenters. The van der Waals surface area contributed by atoms with Crippen molar-refractivity contribution in [3.8, 4) is 0 Å². The van der Waals surface area contributed by atoms with Crippen molar-refractivity contribution in [2.75, 3.05) is 11.5 Å². The molecule has 2 N–H and O–H groups in total. The lowest BCUT2D eigenvalue weighted by Gasteiger charge is -2.01. The number of rotatable bonds is 4. The predicted molar refractivity (Wildman–Crippen MR) is 76.1 cm³/mol. The Hall–Kier alpha value is -1.62. The Morgan fingerprint density at radius 3 is 2.59 bits per heavy atom. The summed E-state index contributed by atoms with van der Waals surface area (Å²) in [6.07, 6.45) is 4.23. The summed E-state index contributed by atoms with van der Waals surface area (Å²) in [6.45, 7) is 8.61. The van der Waals surface area contributed by atoms with Crippen LogP contribution in [0.2, 0.25) is 0 Å². The number of nitrogens with two attached hydrogens (primary N) is 1. The van der Waals surface area contributed by atoms with Crippen LogP contribution in [0.25, 0.3) is 0 Å². The van der Waals surface area contributed by atoms with E-state index in [1.807, 2.05) is 12.1 Å². The fraction of sp³-hybridized carbons (Fsp3) is 0.286. The zero-order valence-corrected chi connectivity index (χ0v) is 11.0. The molecule has 0 unspecified atom stereocenters. The number of unbranched alkanes of at least 4 members (excludes halogenated alkanes) is 1. The van der Waals surface area contributed by atoms with Crippen molar-refractivity contribution in [3.63, 3.8) is 0 Å². The molecule has 0 aliphatic heterocycles. The number of aromatic nitrogens is 1. The van der Waals surface area contributed by atoms with Crippen molar-refractivity contribution in [1.82, 2.24) is 4.98 Å². The molecule has 0 saturated carbocycles. The molecule has 1 aromatic heterocycles. The summed E-state index contributed by atoms with van der Waals surface area (Å²) in [6, 6.07) is 3.75. The lowest BCUT2D eigenvalue weighted by Crippen LogP contribution is -1.91. The Kier molecular flexibility index (Phi) is 9.85. The van der Waals surface area contributed by atoms with Crippen LogP contribution in [0.5, 0.6) is 0 Å². The summed E-state index contributed by atoms with van der Waals surface area (Å²) in [5.41, 5.74) is 13.6. The van der Waals surface area contributed by atoms with Crippen LogP contribution in [-0.2, 0) is 0 Å². The second-order valence-electron chi connectivity index (χ2n) is 3.08. The molecule has 0 saturated heterocycles. The molecule has 0 aliphatic carbocycles. The summed E-state index contributed by atoms with van der Waals surface area (Å²) in [4.78, 5) is 4.19. The molecule has 1 rings (SSSR count). The van der Waals surface area contributed by atoms with Gasteiger partial charge in [0.2, 0.25) is 0 Å². The van der Waals surface area contributed by atoms with E-state index in [-0.39, 0.29) is 0 Å². The van der Waals surface area contributed by atoms with Gasteiger partial charge in [0, 0.05) is 6.20 Å². The molecule has 1 heterocycles. The van der Waals surface area contributed by atoms with Crippen LogP contribution in [0.3, 0.4) is 0 Å². The Balaban J connectivity index is 0.000000437. The zero-order chi connectivity index (χ0) is 12.9. The first-order valence-corrected chi connectivity index (χ1v) is 6.37. The van der Waals surface area contributed by atoms with Crippen molar-refractivity contribution in [2.45, 2.75) is 24.8 Å². The maximum Gasteiger partial charge on any atom is 0.119 e. The highest BCUT2D eigenvalue weighted by atomic mass is 32.2. The lowest BCUT2D eigenvalue weighted by molar-refractivity contribution is 0.895. The lowest BCUT2D eigenvalue weighted by atomic mass is 10.4. The quantitative estimate of drug-likeness (QED) is 0.498. The van der Waals surface area contributed by atoms with E-state index in [0.717, 1.165) is 16.5 Å². The minimum absolute atomic E-state index is 0.790. The van der Waals surface area contributed by atoms with Gasteiger partial charge in [-0.25, -0.2) is 4.98 Å². The van der Waals surface area contributed by atoms with Gasteiger partial charge >= 0.3 is 0 Å². The molecule has 2 nitrogen and oxygen atoms in total. The SMILES string of the molecule is C=C=C=C=C.CCCCSc1ncccc1N. The van der Waals surface area contributed by atoms with Crippen molar-refractivity contribution in [2.24, 2.45) is 0 Å². The molecule has 0 aliphatic rings. The molecular formula is C14H18N2S. The third kappa shape index (κ3) is 8.21. The molecule has 90 valence electrons. The third-order valence-corrected chi connectivity index (χ3v) is 2.82. The second kappa shape index (κ2) is 10.9. The van der Waals surface area contributed by atoms with E-state index >= 15 is 0 Å². The summed E-state index contributed by atoms with van der Waals surface area (Å²) in [7, 11) is 0. The molecule has 0 amide bonds. The fourth-order valence-corrected chi connectivity index (χ4v) is 1.90. The van der Waals surface area contributed by atoms with Crippen LogP contribution >= 0.6 is 11.8 Å². The highest BCUT2D eigenvalue weighted by Gasteiger charge is 1.98. The van der Waals surface area contributed by atoms with Crippen LogP contribution in [0.15, 0.2) is 53.7 Å². The van der Waals surface area contributed by atoms with Crippen molar-refractivity contribution < 1.29 is 0 Å². The monoisotopic (exact) mass is 246 g/mol. The summed E-state index contributed by atoms with van der Waals surface area (Å²) < 4.78 is 0. The van der Waals surface area contributed by atoms with E-state index < -0.39 is 0 Å². The molecule has 0 fully saturated rings. The van der Waals surface area contributed by atoms with Gasteiger partial charge < -0.3 is 5.73 Å². The topological polar surface area (TPSA) is 38.9 Å². The summed E-state index contributed by atoms with van der Waals surface area (Å²) in [5.74, 6) is 1.11. The molecule has 0 radical (unpaired) electrons. The maximum absolute atomic E-state index is 5.72. The summed E-state index contributed by atoms with van der Waals surface area (Å²) in [5, 5.41) is 0.964. The minimum atomic E-state index is 0.790. The molecule has 3 heteroatoms. The average molecular weight is 246 g/mol. The van der Waals surface area contributed by atoms with Crippen molar-refractivity contribution in [1.29, 1.82) is 0 Å². The van der Waals surface area contributed by atoms with Crippen molar-refractivity contribution in [3.05, 3.63) is 48.7 Å². The fourth-order valence-electron chi connectivity index (χ4n) is 0.900. The van der Waals surface area contributed by atoms with Gasteiger partial charge in [-0.1, -0.05) is 24.8 Å². The molecule has 1 aromatic rings. The number of hydrogen-bond acceptors (Lipinski definition) is 3. The first-order chi connectivity index (χ1) is 8.26. The largest absolute Gasteiger partial charge is 0.397 e. The van der Waals surface area contributed by atoms with Gasteiger partial charge in [0.25, 0.3) is 0 Å². The Morgan fingerprint density at radius 1 is 1.41 bits per heavy atom. The number of hydrogen-bond donors (Lipinski definition) is 1. The van der Waals surface area contributed by atoms with Gasteiger partial charge in [0.05, 0.1) is 5.69 Å². The first-order valence-electron chi connectivity index (χ1n) is 5.38. The normalized spacial score (nSPS) is 8.06. The Labute approximate surface area is 108 Å². The van der Waals surface area contributed by atoms with Crippen LogP contribution in [0.4, 0.5) is 5.69 Å². The van der Waals surface area contributed by atoms with E-state index in [1.165, 1.54) is 12.8 Å². The smallest absolute Gasteiger partial charge is 0.119 e. The standard InChI is InChI=1S/C9H14N2S.C5H4/c1-2-3-7-12-9-8(10)5-4-6-11-9;1-3-5-4-2/h4-6H,2-3,7,10H2,1H3;1-2H2. The predicted octanol–water partition coefficient (Wildman–Crippen LogP) is 3.82. The minimum Gasteiger partial charge on any atom is -0.397 e. The van der Waals surface area contributed by atoms with Crippen LogP contribution < -0.4 is 5.73 Å². The Bertz CT molecular complexity index is 412. The van der Waals surface area contributed by atoms with Gasteiger partial charge in [-0.15, -0.1) is 11.8 Å². The molecule has 0 bridgehead atoms. The highest BCUT2D eigenvalue weighted by Crippen LogP contribution is 2.22. The zero-order valence-electron chi connectivity index (χ0n) is 10.2.